The van der Waals surface area contributed by atoms with Crippen LogP contribution in [0.1, 0.15) is 82.5 Å². The molecular weight excluding hydrogens is 1020 g/mol. The second-order valence-corrected chi connectivity index (χ2v) is 23.0. The maximum absolute atomic E-state index is 17.2. The summed E-state index contributed by atoms with van der Waals surface area (Å²) < 4.78 is 44.7. The fraction of sp³-hybridized carbons (Fsp3) is 0.458. The number of piperidine rings is 1. The lowest BCUT2D eigenvalue weighted by Gasteiger charge is -2.35. The number of hydrogen-bond donors (Lipinski definition) is 5. The number of carbonyl (C=O) groups excluding carboxylic acids is 3. The number of likely N-dealkylation sites (tertiary alicyclic amines) is 2. The molecular formula is C59H67F2N9O7S. The van der Waals surface area contributed by atoms with Gasteiger partial charge in [0.1, 0.15) is 41.3 Å². The van der Waals surface area contributed by atoms with Gasteiger partial charge in [0.05, 0.1) is 34.4 Å². The number of anilines is 1. The number of phenols is 1. The Hall–Kier alpha value is -6.82. The molecule has 3 aromatic heterocycles. The number of terminal acetylenes is 1. The Morgan fingerprint density at radius 2 is 1.73 bits per heavy atom. The summed E-state index contributed by atoms with van der Waals surface area (Å²) >= 11 is 1.57. The monoisotopic (exact) mass is 1080 g/mol. The molecule has 0 spiro atoms. The normalized spacial score (nSPS) is 20.3. The van der Waals surface area contributed by atoms with Gasteiger partial charge in [-0.1, -0.05) is 57.0 Å². The number of aromatic hydroxyl groups is 1. The number of carbonyl (C=O) groups is 3. The lowest BCUT2D eigenvalue weighted by Crippen LogP contribution is -2.57. The maximum Gasteiger partial charge on any atom is 0.246 e. The number of nitrogens with one attached hydrogen (secondary N) is 3. The quantitative estimate of drug-likeness (QED) is 0.0454. The molecule has 4 saturated heterocycles. The van der Waals surface area contributed by atoms with Gasteiger partial charge in [0, 0.05) is 111 Å². The van der Waals surface area contributed by atoms with E-state index in [1.165, 1.54) is 29.2 Å². The molecule has 410 valence electrons. The number of nitrogens with zero attached hydrogens (tertiary/aromatic N) is 6. The molecule has 78 heavy (non-hydrogen) atoms. The van der Waals surface area contributed by atoms with Crippen LogP contribution < -0.4 is 25.6 Å². The van der Waals surface area contributed by atoms with E-state index in [4.69, 9.17) is 20.9 Å². The van der Waals surface area contributed by atoms with E-state index in [9.17, 15) is 24.6 Å². The standard InChI is InChI=1S/C59H67F2N9O7S/c1-6-43-47(60)15-12-37-24-40(71)25-45(51(37)43)53-52(61)44-27-50(67-56(46(44)29-62-53)69-30-38-13-14-39(31-69)65-38)77-42-16-20-68(21-17-42)19-7-22-76-23-18-49(73)66-55(59(3,4)5)58(75)70-32-41(72)26-48(70)57(74)63-28-35-8-10-36(11-9-35)54-34(2)64-33-78-54/h1,8-12,15,24-25,27,29,33,38-39,41-42,48,55,65,71-72H,7,13-14,16-23,26,28,30-32H2,2-5H3,(H,63,74)(H,66,73)/t38?,39?,41-,48+,55-/m1/s1. The van der Waals surface area contributed by atoms with E-state index in [2.05, 4.69) is 41.6 Å². The molecule has 3 amide bonds. The third kappa shape index (κ3) is 11.9. The number of halogens is 2. The summed E-state index contributed by atoms with van der Waals surface area (Å²) in [5.74, 6) is 0.713. The molecule has 10 rings (SSSR count). The summed E-state index contributed by atoms with van der Waals surface area (Å²) in [5.41, 5.74) is 4.07. The SMILES string of the molecule is C#Cc1c(F)ccc2cc(O)cc(-c3ncc4c(N5CC6CCC(C5)N6)nc(OC5CCN(CCCOCCC(=O)N[C@H](C(=O)N6C[C@H](O)C[C@H]6C(=O)NCc6ccc(-c7scnc7C)cc6)C(C)(C)C)CC5)cc4c3F)c12. The summed E-state index contributed by atoms with van der Waals surface area (Å²) in [5, 5.41) is 32.3. The zero-order valence-corrected chi connectivity index (χ0v) is 45.3. The predicted octanol–water partition coefficient (Wildman–Crippen LogP) is 7.24. The highest BCUT2D eigenvalue weighted by atomic mass is 32.1. The van der Waals surface area contributed by atoms with E-state index >= 15 is 8.78 Å². The van der Waals surface area contributed by atoms with Crippen molar-refractivity contribution in [3.63, 3.8) is 0 Å². The second-order valence-electron chi connectivity index (χ2n) is 22.2. The predicted molar refractivity (Wildman–Crippen MR) is 296 cm³/mol. The lowest BCUT2D eigenvalue weighted by atomic mass is 9.85. The minimum absolute atomic E-state index is 0.0149. The molecule has 4 fully saturated rings. The van der Waals surface area contributed by atoms with E-state index in [1.54, 1.807) is 23.6 Å². The molecule has 0 aliphatic carbocycles. The van der Waals surface area contributed by atoms with Crippen molar-refractivity contribution >= 4 is 56.4 Å². The Morgan fingerprint density at radius 3 is 2.44 bits per heavy atom. The van der Waals surface area contributed by atoms with Crippen molar-refractivity contribution in [1.29, 1.82) is 0 Å². The van der Waals surface area contributed by atoms with Crippen LogP contribution in [-0.2, 0) is 25.7 Å². The number of aryl methyl sites for hydroxylation is 1. The van der Waals surface area contributed by atoms with Crippen molar-refractivity contribution in [3.05, 3.63) is 94.8 Å². The number of phenolic OH excluding ortho intramolecular Hbond substituents is 1. The van der Waals surface area contributed by atoms with Crippen LogP contribution in [0.2, 0.25) is 0 Å². The molecule has 4 aliphatic rings. The third-order valence-corrected chi connectivity index (χ3v) is 16.5. The molecule has 2 unspecified atom stereocenters. The number of pyridine rings is 2. The van der Waals surface area contributed by atoms with Crippen molar-refractivity contribution in [3.8, 4) is 45.7 Å². The smallest absolute Gasteiger partial charge is 0.246 e. The first kappa shape index (κ1) is 54.5. The van der Waals surface area contributed by atoms with Gasteiger partial charge in [-0.25, -0.2) is 13.8 Å². The third-order valence-electron chi connectivity index (χ3n) is 15.5. The van der Waals surface area contributed by atoms with Crippen LogP contribution in [-0.4, -0.2) is 142 Å². The topological polar surface area (TPSA) is 195 Å². The van der Waals surface area contributed by atoms with Crippen LogP contribution in [0, 0.1) is 36.3 Å². The summed E-state index contributed by atoms with van der Waals surface area (Å²) in [7, 11) is 0. The van der Waals surface area contributed by atoms with Gasteiger partial charge in [-0.15, -0.1) is 17.8 Å². The first-order chi connectivity index (χ1) is 37.5. The fourth-order valence-corrected chi connectivity index (χ4v) is 12.3. The summed E-state index contributed by atoms with van der Waals surface area (Å²) in [4.78, 5) is 61.9. The summed E-state index contributed by atoms with van der Waals surface area (Å²) in [6.45, 7) is 12.0. The van der Waals surface area contributed by atoms with Crippen molar-refractivity contribution in [1.82, 2.24) is 40.7 Å². The molecule has 5 N–H and O–H groups in total. The molecule has 6 aromatic rings. The summed E-state index contributed by atoms with van der Waals surface area (Å²) in [6.07, 6.45) is 10.7. The van der Waals surface area contributed by atoms with E-state index in [0.29, 0.717) is 55.0 Å². The number of benzene rings is 3. The van der Waals surface area contributed by atoms with E-state index in [0.717, 1.165) is 60.6 Å². The number of thiazole rings is 1. The van der Waals surface area contributed by atoms with Gasteiger partial charge < -0.3 is 50.3 Å². The van der Waals surface area contributed by atoms with Crippen LogP contribution in [0.15, 0.2) is 66.3 Å². The Morgan fingerprint density at radius 1 is 0.974 bits per heavy atom. The lowest BCUT2D eigenvalue weighted by molar-refractivity contribution is -0.144. The van der Waals surface area contributed by atoms with Gasteiger partial charge in [0.2, 0.25) is 23.6 Å². The van der Waals surface area contributed by atoms with Crippen molar-refractivity contribution in [2.75, 3.05) is 57.4 Å². The first-order valence-electron chi connectivity index (χ1n) is 27.0. The van der Waals surface area contributed by atoms with Crippen LogP contribution in [0.25, 0.3) is 43.2 Å². The number of amides is 3. The molecule has 0 saturated carbocycles. The largest absolute Gasteiger partial charge is 0.508 e. The number of rotatable bonds is 17. The highest BCUT2D eigenvalue weighted by Gasteiger charge is 2.44. The number of hydrogen-bond acceptors (Lipinski definition) is 14. The average molecular weight is 1080 g/mol. The van der Waals surface area contributed by atoms with Crippen molar-refractivity contribution in [2.45, 2.75) is 116 Å². The van der Waals surface area contributed by atoms with Crippen LogP contribution in [0.3, 0.4) is 0 Å². The highest BCUT2D eigenvalue weighted by molar-refractivity contribution is 7.13. The molecule has 2 bridgehead atoms. The van der Waals surface area contributed by atoms with Gasteiger partial charge in [-0.05, 0) is 79.2 Å². The number of piperazine rings is 1. The van der Waals surface area contributed by atoms with Crippen molar-refractivity contribution < 1.29 is 42.9 Å². The Labute approximate surface area is 456 Å². The second kappa shape index (κ2) is 23.3. The molecule has 5 atom stereocenters. The zero-order valence-electron chi connectivity index (χ0n) is 44.5. The van der Waals surface area contributed by atoms with Crippen LogP contribution in [0.4, 0.5) is 14.6 Å². The van der Waals surface area contributed by atoms with Gasteiger partial charge in [-0.2, -0.15) is 4.98 Å². The number of fused-ring (bicyclic) bond motifs is 4. The van der Waals surface area contributed by atoms with Gasteiger partial charge in [-0.3, -0.25) is 19.4 Å². The number of ether oxygens (including phenoxy) is 2. The van der Waals surface area contributed by atoms with E-state index < -0.39 is 41.1 Å². The first-order valence-corrected chi connectivity index (χ1v) is 27.8. The molecule has 16 nitrogen and oxygen atoms in total. The summed E-state index contributed by atoms with van der Waals surface area (Å²) in [6, 6.07) is 13.8. The van der Waals surface area contributed by atoms with E-state index in [1.807, 2.05) is 57.5 Å². The highest BCUT2D eigenvalue weighted by Crippen LogP contribution is 2.41. The minimum Gasteiger partial charge on any atom is -0.508 e. The zero-order chi connectivity index (χ0) is 54.8. The van der Waals surface area contributed by atoms with Crippen LogP contribution in [0.5, 0.6) is 11.6 Å². The molecule has 4 aliphatic heterocycles. The molecule has 19 heteroatoms. The number of β-amino-alcohol motifs (C(OH)–C–C–N with tert-alkyl or cyclic N) is 1. The molecule has 7 heterocycles. The van der Waals surface area contributed by atoms with Gasteiger partial charge in [0.15, 0.2) is 5.82 Å². The Kier molecular flexibility index (Phi) is 16.3. The Balaban J connectivity index is 0.707. The fourth-order valence-electron chi connectivity index (χ4n) is 11.4. The average Bonchev–Trinajstić information content (AvgIpc) is 4.25. The maximum atomic E-state index is 17.2. The molecule has 3 aromatic carbocycles. The van der Waals surface area contributed by atoms with E-state index in [-0.39, 0.29) is 95.9 Å². The van der Waals surface area contributed by atoms with Crippen molar-refractivity contribution in [2.24, 2.45) is 5.41 Å². The van der Waals surface area contributed by atoms with Gasteiger partial charge in [0.25, 0.3) is 0 Å². The Bertz CT molecular complexity index is 3230. The van der Waals surface area contributed by atoms with Gasteiger partial charge >= 0.3 is 0 Å². The molecule has 0 radical (unpaired) electrons. The minimum atomic E-state index is -0.943. The van der Waals surface area contributed by atoms with Crippen LogP contribution >= 0.6 is 11.3 Å². The number of aliphatic hydroxyl groups excluding tert-OH is 1. The number of aromatic nitrogens is 3. The number of aliphatic hydroxyl groups is 1.